The van der Waals surface area contributed by atoms with Crippen LogP contribution < -0.4 is 5.32 Å². The second kappa shape index (κ2) is 5.36. The Kier molecular flexibility index (Phi) is 4.05. The standard InChI is InChI=1S/C13H17F2NS/c1-3-4-16-12-5-8(2)17-13-7-11(15)10(14)6-9(12)13/h6-8,12,16H,3-5H2,1-2H3. The van der Waals surface area contributed by atoms with Crippen molar-refractivity contribution in [3.05, 3.63) is 29.3 Å². The molecule has 0 saturated carbocycles. The first kappa shape index (κ1) is 12.8. The summed E-state index contributed by atoms with van der Waals surface area (Å²) in [4.78, 5) is 0.872. The maximum atomic E-state index is 13.3. The van der Waals surface area contributed by atoms with Gasteiger partial charge in [-0.05, 0) is 37.1 Å². The Balaban J connectivity index is 2.31. The van der Waals surface area contributed by atoms with Crippen molar-refractivity contribution in [1.29, 1.82) is 0 Å². The first-order valence-electron chi connectivity index (χ1n) is 6.00. The summed E-state index contributed by atoms with van der Waals surface area (Å²) in [5.74, 6) is -1.50. The third kappa shape index (κ3) is 2.80. The fourth-order valence-corrected chi connectivity index (χ4v) is 3.38. The lowest BCUT2D eigenvalue weighted by Crippen LogP contribution is -2.28. The SMILES string of the molecule is CCCNC1CC(C)Sc2cc(F)c(F)cc21. The molecule has 0 aromatic heterocycles. The number of halogens is 2. The lowest BCUT2D eigenvalue weighted by Gasteiger charge is -2.30. The van der Waals surface area contributed by atoms with Crippen molar-refractivity contribution in [2.45, 2.75) is 42.9 Å². The van der Waals surface area contributed by atoms with Gasteiger partial charge in [-0.2, -0.15) is 0 Å². The molecule has 0 bridgehead atoms. The minimum atomic E-state index is -0.750. The fourth-order valence-electron chi connectivity index (χ4n) is 2.15. The molecule has 0 fully saturated rings. The third-order valence-electron chi connectivity index (χ3n) is 2.96. The van der Waals surface area contributed by atoms with Crippen LogP contribution in [0.5, 0.6) is 0 Å². The Morgan fingerprint density at radius 3 is 2.76 bits per heavy atom. The van der Waals surface area contributed by atoms with Crippen LogP contribution in [-0.4, -0.2) is 11.8 Å². The second-order valence-electron chi connectivity index (χ2n) is 4.48. The van der Waals surface area contributed by atoms with Crippen molar-refractivity contribution >= 4 is 11.8 Å². The highest BCUT2D eigenvalue weighted by atomic mass is 32.2. The lowest BCUT2D eigenvalue weighted by molar-refractivity contribution is 0.466. The van der Waals surface area contributed by atoms with E-state index in [1.165, 1.54) is 12.1 Å². The van der Waals surface area contributed by atoms with Gasteiger partial charge in [0.25, 0.3) is 0 Å². The van der Waals surface area contributed by atoms with Crippen LogP contribution in [0.1, 0.15) is 38.3 Å². The first-order valence-corrected chi connectivity index (χ1v) is 6.88. The van der Waals surface area contributed by atoms with Crippen LogP contribution >= 0.6 is 11.8 Å². The molecule has 1 aliphatic heterocycles. The summed E-state index contributed by atoms with van der Waals surface area (Å²) in [5.41, 5.74) is 0.903. The van der Waals surface area contributed by atoms with E-state index < -0.39 is 11.6 Å². The van der Waals surface area contributed by atoms with Crippen molar-refractivity contribution in [3.8, 4) is 0 Å². The van der Waals surface area contributed by atoms with Crippen LogP contribution in [0.25, 0.3) is 0 Å². The van der Waals surface area contributed by atoms with E-state index >= 15 is 0 Å². The zero-order valence-electron chi connectivity index (χ0n) is 10.1. The summed E-state index contributed by atoms with van der Waals surface area (Å²) in [6.45, 7) is 5.12. The van der Waals surface area contributed by atoms with Gasteiger partial charge in [0.15, 0.2) is 11.6 Å². The molecule has 0 spiro atoms. The van der Waals surface area contributed by atoms with E-state index in [9.17, 15) is 8.78 Å². The third-order valence-corrected chi connectivity index (χ3v) is 4.17. The highest BCUT2D eigenvalue weighted by Crippen LogP contribution is 2.41. The Labute approximate surface area is 105 Å². The van der Waals surface area contributed by atoms with Crippen molar-refractivity contribution in [2.75, 3.05) is 6.54 Å². The quantitative estimate of drug-likeness (QED) is 0.881. The summed E-state index contributed by atoms with van der Waals surface area (Å²) < 4.78 is 26.5. The number of rotatable bonds is 3. The van der Waals surface area contributed by atoms with E-state index in [0.29, 0.717) is 5.25 Å². The van der Waals surface area contributed by atoms with Gasteiger partial charge < -0.3 is 5.32 Å². The molecule has 1 heterocycles. The number of hydrogen-bond donors (Lipinski definition) is 1. The summed E-state index contributed by atoms with van der Waals surface area (Å²) in [5, 5.41) is 3.83. The molecule has 17 heavy (non-hydrogen) atoms. The van der Waals surface area contributed by atoms with Crippen LogP contribution in [0.3, 0.4) is 0 Å². The number of benzene rings is 1. The van der Waals surface area contributed by atoms with Crippen molar-refractivity contribution < 1.29 is 8.78 Å². The monoisotopic (exact) mass is 257 g/mol. The Morgan fingerprint density at radius 2 is 2.06 bits per heavy atom. The van der Waals surface area contributed by atoms with Crippen LogP contribution in [0.15, 0.2) is 17.0 Å². The molecule has 0 aliphatic carbocycles. The highest BCUT2D eigenvalue weighted by Gasteiger charge is 2.26. The Bertz CT molecular complexity index is 409. The molecule has 0 amide bonds. The average Bonchev–Trinajstić information content (AvgIpc) is 2.28. The molecule has 1 N–H and O–H groups in total. The zero-order chi connectivity index (χ0) is 12.4. The maximum absolute atomic E-state index is 13.3. The van der Waals surface area contributed by atoms with Gasteiger partial charge in [0.05, 0.1) is 0 Å². The zero-order valence-corrected chi connectivity index (χ0v) is 10.9. The van der Waals surface area contributed by atoms with Gasteiger partial charge >= 0.3 is 0 Å². The van der Waals surface area contributed by atoms with Gasteiger partial charge in [0.2, 0.25) is 0 Å². The van der Waals surface area contributed by atoms with Gasteiger partial charge in [-0.1, -0.05) is 13.8 Å². The van der Waals surface area contributed by atoms with Crippen molar-refractivity contribution in [2.24, 2.45) is 0 Å². The van der Waals surface area contributed by atoms with E-state index in [1.807, 2.05) is 0 Å². The maximum Gasteiger partial charge on any atom is 0.159 e. The second-order valence-corrected chi connectivity index (χ2v) is 5.96. The first-order chi connectivity index (χ1) is 8.11. The molecule has 4 heteroatoms. The number of thioether (sulfide) groups is 1. The summed E-state index contributed by atoms with van der Waals surface area (Å²) in [6.07, 6.45) is 2.00. The Hall–Kier alpha value is -0.610. The molecule has 1 aromatic rings. The molecule has 0 saturated heterocycles. The van der Waals surface area contributed by atoms with Crippen LogP contribution in [0.4, 0.5) is 8.78 Å². The molecule has 94 valence electrons. The van der Waals surface area contributed by atoms with E-state index in [0.717, 1.165) is 29.8 Å². The minimum absolute atomic E-state index is 0.149. The molecular formula is C13H17F2NS. The van der Waals surface area contributed by atoms with Gasteiger partial charge in [0, 0.05) is 16.2 Å². The van der Waals surface area contributed by atoms with Crippen LogP contribution in [0.2, 0.25) is 0 Å². The van der Waals surface area contributed by atoms with Gasteiger partial charge in [-0.3, -0.25) is 0 Å². The smallest absolute Gasteiger partial charge is 0.159 e. The summed E-state index contributed by atoms with van der Waals surface area (Å²) in [6, 6.07) is 2.82. The molecule has 1 aliphatic rings. The molecule has 2 rings (SSSR count). The van der Waals surface area contributed by atoms with E-state index in [1.54, 1.807) is 11.8 Å². The number of hydrogen-bond acceptors (Lipinski definition) is 2. The molecule has 2 atom stereocenters. The van der Waals surface area contributed by atoms with Crippen LogP contribution in [0, 0.1) is 11.6 Å². The summed E-state index contributed by atoms with van der Waals surface area (Å²) >= 11 is 1.63. The predicted octanol–water partition coefficient (Wildman–Crippen LogP) is 3.89. The molecule has 1 aromatic carbocycles. The van der Waals surface area contributed by atoms with Crippen molar-refractivity contribution in [3.63, 3.8) is 0 Å². The molecular weight excluding hydrogens is 240 g/mol. The minimum Gasteiger partial charge on any atom is -0.310 e. The van der Waals surface area contributed by atoms with E-state index in [2.05, 4.69) is 19.2 Å². The normalized spacial score (nSPS) is 23.5. The Morgan fingerprint density at radius 1 is 1.35 bits per heavy atom. The van der Waals surface area contributed by atoms with E-state index in [4.69, 9.17) is 0 Å². The largest absolute Gasteiger partial charge is 0.310 e. The van der Waals surface area contributed by atoms with Crippen LogP contribution in [-0.2, 0) is 0 Å². The van der Waals surface area contributed by atoms with Gasteiger partial charge in [-0.15, -0.1) is 11.8 Å². The van der Waals surface area contributed by atoms with E-state index in [-0.39, 0.29) is 6.04 Å². The highest BCUT2D eigenvalue weighted by molar-refractivity contribution is 8.00. The molecule has 1 nitrogen and oxygen atoms in total. The lowest BCUT2D eigenvalue weighted by atomic mass is 10.0. The topological polar surface area (TPSA) is 12.0 Å². The molecule has 2 unspecified atom stereocenters. The molecule has 0 radical (unpaired) electrons. The van der Waals surface area contributed by atoms with Crippen molar-refractivity contribution in [1.82, 2.24) is 5.32 Å². The average molecular weight is 257 g/mol. The summed E-state index contributed by atoms with van der Waals surface area (Å²) in [7, 11) is 0. The fraction of sp³-hybridized carbons (Fsp3) is 0.538. The number of nitrogens with one attached hydrogen (secondary N) is 1. The predicted molar refractivity (Wildman–Crippen MR) is 67.3 cm³/mol. The number of fused-ring (bicyclic) bond motifs is 1. The van der Waals surface area contributed by atoms with Gasteiger partial charge in [-0.25, -0.2) is 8.78 Å². The van der Waals surface area contributed by atoms with Gasteiger partial charge in [0.1, 0.15) is 0 Å².